The monoisotopic (exact) mass is 1220 g/mol. The van der Waals surface area contributed by atoms with Crippen LogP contribution in [0.2, 0.25) is 0 Å². The molecule has 0 aliphatic rings. The van der Waals surface area contributed by atoms with Crippen LogP contribution in [0.1, 0.15) is 0 Å². The van der Waals surface area contributed by atoms with Crippen molar-refractivity contribution in [3.8, 4) is 56.7 Å². The van der Waals surface area contributed by atoms with Crippen LogP contribution in [0.5, 0.6) is 0 Å². The van der Waals surface area contributed by atoms with Crippen molar-refractivity contribution in [1.29, 1.82) is 0 Å². The third kappa shape index (κ3) is 7.99. The first-order chi connectivity index (χ1) is 44.6. The smallest absolute Gasteiger partial charge is 0.235 e. The summed E-state index contributed by atoms with van der Waals surface area (Å²) in [6, 6.07) is 95.7. The summed E-state index contributed by atoms with van der Waals surface area (Å²) in [6.07, 6.45) is 3.76. The summed E-state index contributed by atoms with van der Waals surface area (Å²) in [6.45, 7) is 0. The largest absolute Gasteiger partial charge is 0.278 e. The zero-order valence-corrected chi connectivity index (χ0v) is 51.1. The lowest BCUT2D eigenvalue weighted by molar-refractivity contribution is 0.992. The molecule has 8 heterocycles. The highest BCUT2D eigenvalue weighted by Gasteiger charge is 2.22. The fraction of sp³-hybridized carbons (Fsp3) is 0. The molecule has 0 N–H and O–H groups in total. The average molecular weight is 1220 g/mol. The van der Waals surface area contributed by atoms with Gasteiger partial charge in [0, 0.05) is 126 Å². The van der Waals surface area contributed by atoms with E-state index in [2.05, 4.69) is 264 Å². The molecular weight excluding hydrogens is 1170 g/mol. The van der Waals surface area contributed by atoms with Gasteiger partial charge >= 0.3 is 0 Å². The van der Waals surface area contributed by atoms with Crippen molar-refractivity contribution < 1.29 is 0 Å². The Balaban J connectivity index is 0.000000130. The fourth-order valence-electron chi connectivity index (χ4n) is 13.8. The average Bonchev–Trinajstić information content (AvgIpc) is 1.62. The minimum atomic E-state index is 0.677. The number of fused-ring (bicyclic) bond motifs is 20. The molecule has 0 saturated heterocycles. The first-order valence-electron chi connectivity index (χ1n) is 30.0. The van der Waals surface area contributed by atoms with Crippen LogP contribution in [0.25, 0.3) is 181 Å². The van der Waals surface area contributed by atoms with E-state index in [1.54, 1.807) is 0 Å². The molecule has 6 nitrogen and oxygen atoms in total. The van der Waals surface area contributed by atoms with Gasteiger partial charge in [-0.2, -0.15) is 0 Å². The minimum Gasteiger partial charge on any atom is -0.278 e. The van der Waals surface area contributed by atoms with Gasteiger partial charge in [-0.15, -0.1) is 45.3 Å². The summed E-state index contributed by atoms with van der Waals surface area (Å²) < 4.78 is 15.0. The molecule has 20 aromatic rings. The van der Waals surface area contributed by atoms with E-state index in [1.807, 2.05) is 69.9 Å². The van der Waals surface area contributed by atoms with E-state index in [1.165, 1.54) is 124 Å². The molecule has 0 saturated carbocycles. The summed E-state index contributed by atoms with van der Waals surface area (Å²) in [5, 5.41) is 15.4. The van der Waals surface area contributed by atoms with Crippen LogP contribution in [0.4, 0.5) is 0 Å². The Morgan fingerprint density at radius 3 is 1.10 bits per heavy atom. The molecule has 8 aromatic heterocycles. The first kappa shape index (κ1) is 51.3. The second-order valence-electron chi connectivity index (χ2n) is 22.8. The summed E-state index contributed by atoms with van der Waals surface area (Å²) >= 11 is 7.45. The van der Waals surface area contributed by atoms with E-state index in [9.17, 15) is 0 Å². The Hall–Kier alpha value is -10.7. The predicted octanol–water partition coefficient (Wildman–Crippen LogP) is 23.3. The summed E-state index contributed by atoms with van der Waals surface area (Å²) in [7, 11) is 0. The number of hydrogen-bond donors (Lipinski definition) is 0. The molecule has 0 aliphatic carbocycles. The van der Waals surface area contributed by atoms with E-state index in [0.29, 0.717) is 11.9 Å². The maximum absolute atomic E-state index is 5.20. The topological polar surface area (TPSA) is 61.4 Å². The third-order valence-corrected chi connectivity index (χ3v) is 22.7. The Bertz CT molecular complexity index is 6320. The van der Waals surface area contributed by atoms with Crippen molar-refractivity contribution in [3.05, 3.63) is 279 Å². The van der Waals surface area contributed by atoms with E-state index in [0.717, 1.165) is 44.6 Å². The van der Waals surface area contributed by atoms with Crippen molar-refractivity contribution in [2.75, 3.05) is 0 Å². The lowest BCUT2D eigenvalue weighted by Crippen LogP contribution is -2.01. The van der Waals surface area contributed by atoms with Gasteiger partial charge in [0.25, 0.3) is 0 Å². The van der Waals surface area contributed by atoms with Gasteiger partial charge in [-0.1, -0.05) is 200 Å². The number of benzene rings is 12. The van der Waals surface area contributed by atoms with Gasteiger partial charge in [0.1, 0.15) is 0 Å². The molecule has 90 heavy (non-hydrogen) atoms. The van der Waals surface area contributed by atoms with Gasteiger partial charge in [0.2, 0.25) is 11.9 Å². The lowest BCUT2D eigenvalue weighted by atomic mass is 10.00. The van der Waals surface area contributed by atoms with Gasteiger partial charge in [-0.05, 0) is 89.0 Å². The van der Waals surface area contributed by atoms with Crippen LogP contribution in [0.15, 0.2) is 279 Å². The maximum atomic E-state index is 5.20. The van der Waals surface area contributed by atoms with Gasteiger partial charge in [0.05, 0.1) is 33.5 Å². The Labute approximate surface area is 530 Å². The van der Waals surface area contributed by atoms with Gasteiger partial charge in [0.15, 0.2) is 0 Å². The highest BCUT2D eigenvalue weighted by molar-refractivity contribution is 7.28. The number of thiophene rings is 4. The third-order valence-electron chi connectivity index (χ3n) is 17.8. The fourth-order valence-corrected chi connectivity index (χ4v) is 18.7. The van der Waals surface area contributed by atoms with Gasteiger partial charge < -0.3 is 0 Å². The van der Waals surface area contributed by atoms with Crippen molar-refractivity contribution in [2.45, 2.75) is 0 Å². The molecule has 0 amide bonds. The van der Waals surface area contributed by atoms with Crippen LogP contribution in [-0.4, -0.2) is 29.1 Å². The number of nitrogens with zero attached hydrogens (tertiary/aromatic N) is 6. The number of para-hydroxylation sites is 2. The standard InChI is InChI=1S/2C40H23N3S2/c1-4-16-33-31(13-1)37-34(20-19-30-28-12-3-6-18-36(28)45-39(30)37)43(33)40-41-22-21-32(42-40)25-10-7-9-24(23-25)26-14-8-15-29-27-11-2-5-17-35(27)44-38(26)29;1-4-13-33-31(10-1)37-34(21-20-30-28-9-3-6-15-36(28)45-39(30)37)43(33)40-41-23-22-32(42-40)25-18-16-24(17-19-25)26-11-7-12-29-27-8-2-5-14-35(27)44-38(26)29/h2*1-23H. The highest BCUT2D eigenvalue weighted by Crippen LogP contribution is 2.47. The predicted molar refractivity (Wildman–Crippen MR) is 386 cm³/mol. The molecule has 0 aliphatic heterocycles. The highest BCUT2D eigenvalue weighted by atomic mass is 32.1. The van der Waals surface area contributed by atoms with Crippen LogP contribution < -0.4 is 0 Å². The van der Waals surface area contributed by atoms with Gasteiger partial charge in [-0.3, -0.25) is 9.13 Å². The molecule has 12 aromatic carbocycles. The van der Waals surface area contributed by atoms with Crippen molar-refractivity contribution >= 4 is 170 Å². The summed E-state index contributed by atoms with van der Waals surface area (Å²) in [5.74, 6) is 1.36. The van der Waals surface area contributed by atoms with E-state index >= 15 is 0 Å². The van der Waals surface area contributed by atoms with E-state index in [4.69, 9.17) is 19.9 Å². The second-order valence-corrected chi connectivity index (χ2v) is 27.0. The zero-order chi connectivity index (χ0) is 59.0. The maximum Gasteiger partial charge on any atom is 0.235 e. The Morgan fingerprint density at radius 1 is 0.244 bits per heavy atom. The molecule has 0 radical (unpaired) electrons. The lowest BCUT2D eigenvalue weighted by Gasteiger charge is -2.10. The van der Waals surface area contributed by atoms with Crippen molar-refractivity contribution in [3.63, 3.8) is 0 Å². The molecule has 0 bridgehead atoms. The molecule has 0 atom stereocenters. The van der Waals surface area contributed by atoms with Gasteiger partial charge in [-0.25, -0.2) is 19.9 Å². The SMILES string of the molecule is c1cc(-c2ccnc(-n3c4ccccc4c4c5sc6ccccc6c5ccc43)n2)cc(-c2cccc3c2sc2ccccc23)c1.c1ccc2c(c1)sc1c(-c3ccc(-c4ccnc(-n5c6ccccc6c6c7sc8ccccc8c7ccc65)n4)cc3)cccc12. The molecule has 0 spiro atoms. The molecular formula is C80H46N6S4. The van der Waals surface area contributed by atoms with Crippen molar-refractivity contribution in [2.24, 2.45) is 0 Å². The Morgan fingerprint density at radius 2 is 0.611 bits per heavy atom. The molecule has 20 rings (SSSR count). The second kappa shape index (κ2) is 20.4. The van der Waals surface area contributed by atoms with Crippen LogP contribution in [0, 0.1) is 0 Å². The van der Waals surface area contributed by atoms with E-state index < -0.39 is 0 Å². The summed E-state index contributed by atoms with van der Waals surface area (Å²) in [4.78, 5) is 20.0. The van der Waals surface area contributed by atoms with Crippen molar-refractivity contribution in [1.82, 2.24) is 29.1 Å². The first-order valence-corrected chi connectivity index (χ1v) is 33.3. The molecule has 420 valence electrons. The number of rotatable bonds is 6. The Kier molecular flexibility index (Phi) is 11.7. The van der Waals surface area contributed by atoms with Crippen LogP contribution in [0.3, 0.4) is 0 Å². The number of hydrogen-bond acceptors (Lipinski definition) is 8. The normalized spacial score (nSPS) is 12.0. The van der Waals surface area contributed by atoms with Crippen LogP contribution in [-0.2, 0) is 0 Å². The van der Waals surface area contributed by atoms with Crippen LogP contribution >= 0.6 is 45.3 Å². The number of aromatic nitrogens is 6. The molecule has 10 heteroatoms. The van der Waals surface area contributed by atoms with E-state index in [-0.39, 0.29) is 0 Å². The summed E-state index contributed by atoms with van der Waals surface area (Å²) in [5.41, 5.74) is 13.3. The zero-order valence-electron chi connectivity index (χ0n) is 47.9. The quantitative estimate of drug-likeness (QED) is 0.166. The molecule has 0 fully saturated rings. The minimum absolute atomic E-state index is 0.677. The molecule has 0 unspecified atom stereocenters.